The van der Waals surface area contributed by atoms with Crippen molar-refractivity contribution in [2.75, 3.05) is 5.32 Å². The van der Waals surface area contributed by atoms with Crippen LogP contribution in [0.4, 0.5) is 5.69 Å². The summed E-state index contributed by atoms with van der Waals surface area (Å²) in [5.41, 5.74) is 0.988. The molecule has 7 heteroatoms. The van der Waals surface area contributed by atoms with E-state index in [4.69, 9.17) is 12.2 Å². The van der Waals surface area contributed by atoms with Crippen molar-refractivity contribution in [3.63, 3.8) is 0 Å². The minimum absolute atomic E-state index is 0.0248. The van der Waals surface area contributed by atoms with Crippen molar-refractivity contribution in [1.82, 2.24) is 5.32 Å². The largest absolute Gasteiger partial charge is 0.545 e. The molecule has 0 saturated heterocycles. The Kier molecular flexibility index (Phi) is 5.45. The second-order valence-electron chi connectivity index (χ2n) is 4.26. The number of nitrogens with one attached hydrogen (secondary N) is 2. The third-order valence-electron chi connectivity index (χ3n) is 2.70. The molecule has 0 aliphatic carbocycles. The molecule has 0 aliphatic rings. The number of hydrogen-bond donors (Lipinski definition) is 2. The van der Waals surface area contributed by atoms with Crippen molar-refractivity contribution >= 4 is 57.5 Å². The molecule has 0 heterocycles. The molecule has 1 amide bonds. The number of thiocarbonyl (C=S) groups is 1. The lowest BCUT2D eigenvalue weighted by Crippen LogP contribution is -2.34. The number of rotatable bonds is 3. The van der Waals surface area contributed by atoms with Gasteiger partial charge in [0.25, 0.3) is 5.91 Å². The van der Waals surface area contributed by atoms with Crippen LogP contribution in [0.1, 0.15) is 20.7 Å². The maximum Gasteiger partial charge on any atom is 0.258 e. The smallest absolute Gasteiger partial charge is 0.258 e. The molecule has 22 heavy (non-hydrogen) atoms. The highest BCUT2D eigenvalue weighted by Gasteiger charge is 2.10. The summed E-state index contributed by atoms with van der Waals surface area (Å²) >= 11 is 7.12. The summed E-state index contributed by atoms with van der Waals surface area (Å²) < 4.78 is 0.805. The molecular formula is C15H10IN2O3S-. The van der Waals surface area contributed by atoms with Crippen LogP contribution in [0.2, 0.25) is 0 Å². The van der Waals surface area contributed by atoms with Crippen molar-refractivity contribution in [3.05, 3.63) is 63.2 Å². The predicted molar refractivity (Wildman–Crippen MR) is 93.6 cm³/mol. The molecular weight excluding hydrogens is 415 g/mol. The van der Waals surface area contributed by atoms with Gasteiger partial charge in [0.15, 0.2) is 5.11 Å². The lowest BCUT2D eigenvalue weighted by molar-refractivity contribution is -0.255. The molecule has 0 atom stereocenters. The average molecular weight is 425 g/mol. The van der Waals surface area contributed by atoms with Gasteiger partial charge < -0.3 is 15.2 Å². The van der Waals surface area contributed by atoms with Crippen molar-refractivity contribution in [2.24, 2.45) is 0 Å². The highest BCUT2D eigenvalue weighted by molar-refractivity contribution is 14.1. The molecule has 0 bridgehead atoms. The van der Waals surface area contributed by atoms with E-state index in [1.165, 1.54) is 12.1 Å². The number of hydrogen-bond acceptors (Lipinski definition) is 4. The molecule has 2 N–H and O–H groups in total. The molecule has 2 rings (SSSR count). The van der Waals surface area contributed by atoms with Crippen molar-refractivity contribution in [2.45, 2.75) is 0 Å². The summed E-state index contributed by atoms with van der Waals surface area (Å²) in [4.78, 5) is 22.9. The molecule has 0 unspecified atom stereocenters. The Balaban J connectivity index is 2.04. The number of carboxylic acids is 1. The zero-order chi connectivity index (χ0) is 16.1. The molecule has 5 nitrogen and oxygen atoms in total. The number of anilines is 1. The van der Waals surface area contributed by atoms with Gasteiger partial charge in [0.1, 0.15) is 0 Å². The topological polar surface area (TPSA) is 81.3 Å². The number of carbonyl (C=O) groups is 2. The van der Waals surface area contributed by atoms with Crippen LogP contribution in [-0.2, 0) is 0 Å². The maximum atomic E-state index is 12.1. The molecule has 0 aromatic heterocycles. The quantitative estimate of drug-likeness (QED) is 0.579. The minimum Gasteiger partial charge on any atom is -0.545 e. The highest BCUT2D eigenvalue weighted by Crippen LogP contribution is 2.12. The van der Waals surface area contributed by atoms with Crippen LogP contribution >= 0.6 is 34.8 Å². The summed E-state index contributed by atoms with van der Waals surface area (Å²) in [5.74, 6) is -1.61. The van der Waals surface area contributed by atoms with Crippen LogP contribution in [-0.4, -0.2) is 17.0 Å². The normalized spacial score (nSPS) is 9.86. The first kappa shape index (κ1) is 16.4. The van der Waals surface area contributed by atoms with Crippen molar-refractivity contribution in [3.8, 4) is 0 Å². The van der Waals surface area contributed by atoms with Gasteiger partial charge in [-0.25, -0.2) is 0 Å². The Morgan fingerprint density at radius 2 is 1.82 bits per heavy atom. The first-order chi connectivity index (χ1) is 10.5. The van der Waals surface area contributed by atoms with Gasteiger partial charge in [-0.2, -0.15) is 0 Å². The van der Waals surface area contributed by atoms with Gasteiger partial charge in [0, 0.05) is 9.26 Å². The number of carboxylic acid groups (broad SMARTS) is 1. The Morgan fingerprint density at radius 3 is 2.50 bits per heavy atom. The fraction of sp³-hybridized carbons (Fsp3) is 0. The first-order valence-corrected chi connectivity index (χ1v) is 7.64. The number of amides is 1. The number of benzene rings is 2. The molecule has 2 aromatic rings. The van der Waals surface area contributed by atoms with E-state index in [9.17, 15) is 14.7 Å². The van der Waals surface area contributed by atoms with Crippen molar-refractivity contribution < 1.29 is 14.7 Å². The van der Waals surface area contributed by atoms with Gasteiger partial charge in [-0.15, -0.1) is 0 Å². The van der Waals surface area contributed by atoms with Crippen LogP contribution in [0.25, 0.3) is 0 Å². The average Bonchev–Trinajstić information content (AvgIpc) is 2.47. The van der Waals surface area contributed by atoms with E-state index in [2.05, 4.69) is 33.2 Å². The third-order valence-corrected chi connectivity index (χ3v) is 3.85. The second kappa shape index (κ2) is 7.32. The van der Waals surface area contributed by atoms with Crippen LogP contribution in [0.5, 0.6) is 0 Å². The summed E-state index contributed by atoms with van der Waals surface area (Å²) in [6, 6.07) is 13.1. The monoisotopic (exact) mass is 425 g/mol. The second-order valence-corrected chi connectivity index (χ2v) is 5.83. The number of halogens is 1. The standard InChI is InChI=1S/C15H11IN2O3S/c16-12-7-2-1-6-11(12)13(19)18-15(22)17-10-5-3-4-9(8-10)14(20)21/h1-8H,(H,20,21)(H2,17,18,19,22)/p-1. The lowest BCUT2D eigenvalue weighted by atomic mass is 10.2. The van der Waals surface area contributed by atoms with Crippen molar-refractivity contribution in [1.29, 1.82) is 0 Å². The highest BCUT2D eigenvalue weighted by atomic mass is 127. The SMILES string of the molecule is O=C([O-])c1cccc(NC(=S)NC(=O)c2ccccc2I)c1. The van der Waals surface area contributed by atoms with Gasteiger partial charge >= 0.3 is 0 Å². The van der Waals surface area contributed by atoms with Crippen LogP contribution in [0.3, 0.4) is 0 Å². The molecule has 112 valence electrons. The van der Waals surface area contributed by atoms with E-state index in [1.807, 2.05) is 12.1 Å². The third kappa shape index (κ3) is 4.25. The molecule has 2 aromatic carbocycles. The zero-order valence-electron chi connectivity index (χ0n) is 11.1. The van der Waals surface area contributed by atoms with E-state index < -0.39 is 5.97 Å². The molecule has 0 spiro atoms. The minimum atomic E-state index is -1.28. The van der Waals surface area contributed by atoms with Gasteiger partial charge in [0.05, 0.1) is 11.5 Å². The Labute approximate surface area is 145 Å². The van der Waals surface area contributed by atoms with Gasteiger partial charge in [-0.1, -0.05) is 24.3 Å². The first-order valence-electron chi connectivity index (χ1n) is 6.15. The van der Waals surface area contributed by atoms with E-state index in [0.717, 1.165) is 3.57 Å². The zero-order valence-corrected chi connectivity index (χ0v) is 14.1. The van der Waals surface area contributed by atoms with E-state index >= 15 is 0 Å². The Hall–Kier alpha value is -2.00. The van der Waals surface area contributed by atoms with E-state index in [1.54, 1.807) is 24.3 Å². The number of aromatic carboxylic acids is 1. The van der Waals surface area contributed by atoms with Crippen LogP contribution < -0.4 is 15.7 Å². The molecule has 0 aliphatic heterocycles. The van der Waals surface area contributed by atoms with Crippen LogP contribution in [0, 0.1) is 3.57 Å². The van der Waals surface area contributed by atoms with Crippen LogP contribution in [0.15, 0.2) is 48.5 Å². The summed E-state index contributed by atoms with van der Waals surface area (Å²) in [5, 5.41) is 16.2. The number of carbonyl (C=O) groups excluding carboxylic acids is 2. The Morgan fingerprint density at radius 1 is 1.09 bits per heavy atom. The van der Waals surface area contributed by atoms with Gasteiger partial charge in [-0.05, 0) is 64.6 Å². The fourth-order valence-electron chi connectivity index (χ4n) is 1.70. The lowest BCUT2D eigenvalue weighted by Gasteiger charge is -2.11. The summed E-state index contributed by atoms with van der Waals surface area (Å²) in [6.07, 6.45) is 0. The fourth-order valence-corrected chi connectivity index (χ4v) is 2.54. The molecule has 0 fully saturated rings. The van der Waals surface area contributed by atoms with Gasteiger partial charge in [-0.3, -0.25) is 10.1 Å². The summed E-state index contributed by atoms with van der Waals surface area (Å²) in [6.45, 7) is 0. The van der Waals surface area contributed by atoms with E-state index in [0.29, 0.717) is 11.3 Å². The van der Waals surface area contributed by atoms with Gasteiger partial charge in [0.2, 0.25) is 0 Å². The molecule has 0 radical (unpaired) electrons. The Bertz CT molecular complexity index is 749. The summed E-state index contributed by atoms with van der Waals surface area (Å²) in [7, 11) is 0. The molecule has 0 saturated carbocycles. The van der Waals surface area contributed by atoms with E-state index in [-0.39, 0.29) is 16.6 Å². The maximum absolute atomic E-state index is 12.1. The predicted octanol–water partition coefficient (Wildman–Crippen LogP) is 1.78.